The number of aromatic nitrogens is 2. The first-order valence-corrected chi connectivity index (χ1v) is 7.29. The lowest BCUT2D eigenvalue weighted by atomic mass is 10.2. The van der Waals surface area contributed by atoms with E-state index in [0.29, 0.717) is 4.68 Å². The molecule has 1 aromatic heterocycles. The monoisotopic (exact) mass is 374 g/mol. The van der Waals surface area contributed by atoms with Gasteiger partial charge in [-0.3, -0.25) is 4.79 Å². The van der Waals surface area contributed by atoms with Crippen LogP contribution in [0.4, 0.5) is 23.2 Å². The summed E-state index contributed by atoms with van der Waals surface area (Å²) in [7, 11) is 0. The van der Waals surface area contributed by atoms with Crippen molar-refractivity contribution in [1.29, 1.82) is 5.26 Å². The zero-order chi connectivity index (χ0) is 18.7. The summed E-state index contributed by atoms with van der Waals surface area (Å²) in [6, 6.07) is 6.53. The first-order chi connectivity index (χ1) is 11.8. The minimum absolute atomic E-state index is 0.156. The Balaban J connectivity index is 2.37. The van der Waals surface area contributed by atoms with Crippen LogP contribution < -0.4 is 5.32 Å². The second kappa shape index (κ2) is 7.53. The molecule has 0 fully saturated rings. The van der Waals surface area contributed by atoms with E-state index in [0.717, 1.165) is 0 Å². The summed E-state index contributed by atoms with van der Waals surface area (Å²) in [6.45, 7) is 1.20. The van der Waals surface area contributed by atoms with Crippen LogP contribution in [0.3, 0.4) is 0 Å². The van der Waals surface area contributed by atoms with Gasteiger partial charge in [-0.15, -0.1) is 0 Å². The molecule has 0 aliphatic carbocycles. The standard InChI is InChI=1S/C15H11ClF4N4O/c1-7(15(25)22-9-5-3-2-4-8(9)6-21)24-12(14(19)20)10(16)11(23-24)13(17)18/h2-5,7,13-14H,1H3,(H,22,25). The van der Waals surface area contributed by atoms with Crippen LogP contribution in [-0.4, -0.2) is 15.7 Å². The number of hydrogen-bond donors (Lipinski definition) is 1. The lowest BCUT2D eigenvalue weighted by Crippen LogP contribution is -2.26. The number of rotatable bonds is 5. The van der Waals surface area contributed by atoms with Crippen molar-refractivity contribution in [2.75, 3.05) is 5.32 Å². The van der Waals surface area contributed by atoms with Crippen molar-refractivity contribution >= 4 is 23.2 Å². The maximum atomic E-state index is 13.2. The predicted molar refractivity (Wildman–Crippen MR) is 81.6 cm³/mol. The van der Waals surface area contributed by atoms with E-state index in [-0.39, 0.29) is 11.3 Å². The third kappa shape index (κ3) is 3.74. The molecule has 0 spiro atoms. The van der Waals surface area contributed by atoms with Crippen molar-refractivity contribution in [2.45, 2.75) is 25.8 Å². The van der Waals surface area contributed by atoms with Crippen molar-refractivity contribution in [1.82, 2.24) is 9.78 Å². The smallest absolute Gasteiger partial charge is 0.283 e. The average Bonchev–Trinajstić information content (AvgIpc) is 2.92. The number of anilines is 1. The topological polar surface area (TPSA) is 70.7 Å². The van der Waals surface area contributed by atoms with E-state index in [1.54, 1.807) is 12.1 Å². The molecule has 132 valence electrons. The molecule has 25 heavy (non-hydrogen) atoms. The first-order valence-electron chi connectivity index (χ1n) is 6.92. The minimum Gasteiger partial charge on any atom is -0.323 e. The largest absolute Gasteiger partial charge is 0.323 e. The summed E-state index contributed by atoms with van der Waals surface area (Å²) in [5, 5.41) is 13.9. The number of halogens is 5. The maximum Gasteiger partial charge on any atom is 0.283 e. The average molecular weight is 375 g/mol. The fraction of sp³-hybridized carbons (Fsp3) is 0.267. The summed E-state index contributed by atoms with van der Waals surface area (Å²) >= 11 is 5.56. The highest BCUT2D eigenvalue weighted by molar-refractivity contribution is 6.32. The Morgan fingerprint density at radius 2 is 1.92 bits per heavy atom. The predicted octanol–water partition coefficient (Wildman–Crippen LogP) is 4.48. The number of amides is 1. The lowest BCUT2D eigenvalue weighted by molar-refractivity contribution is -0.119. The third-order valence-electron chi connectivity index (χ3n) is 3.38. The number of alkyl halides is 4. The van der Waals surface area contributed by atoms with E-state index in [4.69, 9.17) is 16.9 Å². The van der Waals surface area contributed by atoms with Gasteiger partial charge in [0.05, 0.1) is 16.3 Å². The fourth-order valence-electron chi connectivity index (χ4n) is 2.11. The Morgan fingerprint density at radius 3 is 2.48 bits per heavy atom. The van der Waals surface area contributed by atoms with Crippen LogP contribution in [-0.2, 0) is 4.79 Å². The SMILES string of the molecule is CC(C(=O)Nc1ccccc1C#N)n1nc(C(F)F)c(Cl)c1C(F)F. The van der Waals surface area contributed by atoms with Crippen LogP contribution >= 0.6 is 11.6 Å². The zero-order valence-corrected chi connectivity index (χ0v) is 13.4. The third-order valence-corrected chi connectivity index (χ3v) is 3.76. The van der Waals surface area contributed by atoms with Gasteiger partial charge in [0.2, 0.25) is 5.91 Å². The number of nitrogens with one attached hydrogen (secondary N) is 1. The normalized spacial score (nSPS) is 12.3. The molecule has 1 heterocycles. The Bertz CT molecular complexity index is 831. The number of carbonyl (C=O) groups excluding carboxylic acids is 1. The van der Waals surface area contributed by atoms with Crippen molar-refractivity contribution in [3.8, 4) is 6.07 Å². The Labute approximate surface area is 144 Å². The van der Waals surface area contributed by atoms with Gasteiger partial charge in [0.15, 0.2) is 0 Å². The van der Waals surface area contributed by atoms with Crippen LogP contribution in [0, 0.1) is 11.3 Å². The van der Waals surface area contributed by atoms with Crippen molar-refractivity contribution < 1.29 is 22.4 Å². The van der Waals surface area contributed by atoms with Gasteiger partial charge in [-0.2, -0.15) is 10.4 Å². The highest BCUT2D eigenvalue weighted by Gasteiger charge is 2.32. The van der Waals surface area contributed by atoms with Gasteiger partial charge in [0.25, 0.3) is 12.9 Å². The van der Waals surface area contributed by atoms with Crippen LogP contribution in [0.15, 0.2) is 24.3 Å². The molecule has 0 aliphatic heterocycles. The molecular weight excluding hydrogens is 364 g/mol. The molecular formula is C15H11ClF4N4O. The van der Waals surface area contributed by atoms with Gasteiger partial charge in [-0.25, -0.2) is 22.2 Å². The summed E-state index contributed by atoms with van der Waals surface area (Å²) < 4.78 is 52.5. The molecule has 10 heteroatoms. The van der Waals surface area contributed by atoms with Crippen LogP contribution in [0.2, 0.25) is 5.02 Å². The van der Waals surface area contributed by atoms with Gasteiger partial charge < -0.3 is 5.32 Å². The van der Waals surface area contributed by atoms with Crippen molar-refractivity contribution in [3.63, 3.8) is 0 Å². The molecule has 0 saturated heterocycles. The molecule has 0 bridgehead atoms. The summed E-state index contributed by atoms with van der Waals surface area (Å²) in [6.07, 6.45) is -6.37. The molecule has 0 aliphatic rings. The maximum absolute atomic E-state index is 13.2. The fourth-order valence-corrected chi connectivity index (χ4v) is 2.40. The lowest BCUT2D eigenvalue weighted by Gasteiger charge is -2.16. The molecule has 2 aromatic rings. The molecule has 1 N–H and O–H groups in total. The van der Waals surface area contributed by atoms with E-state index in [2.05, 4.69) is 10.4 Å². The van der Waals surface area contributed by atoms with Gasteiger partial charge >= 0.3 is 0 Å². The van der Waals surface area contributed by atoms with Crippen LogP contribution in [0.25, 0.3) is 0 Å². The highest BCUT2D eigenvalue weighted by atomic mass is 35.5. The molecule has 0 saturated carbocycles. The van der Waals surface area contributed by atoms with E-state index < -0.39 is 41.2 Å². The second-order valence-corrected chi connectivity index (χ2v) is 5.33. The van der Waals surface area contributed by atoms with Crippen LogP contribution in [0.1, 0.15) is 42.8 Å². The molecule has 1 amide bonds. The molecule has 1 aromatic carbocycles. The van der Waals surface area contributed by atoms with Gasteiger partial charge in [0, 0.05) is 0 Å². The number of carbonyl (C=O) groups is 1. The number of para-hydroxylation sites is 1. The molecule has 2 rings (SSSR count). The molecule has 1 unspecified atom stereocenters. The van der Waals surface area contributed by atoms with Gasteiger partial charge in [-0.1, -0.05) is 23.7 Å². The van der Waals surface area contributed by atoms with E-state index in [1.165, 1.54) is 19.1 Å². The van der Waals surface area contributed by atoms with Gasteiger partial charge in [0.1, 0.15) is 23.5 Å². The van der Waals surface area contributed by atoms with Crippen molar-refractivity contribution in [3.05, 3.63) is 46.2 Å². The number of hydrogen-bond acceptors (Lipinski definition) is 3. The summed E-state index contributed by atoms with van der Waals surface area (Å²) in [5.41, 5.74) is -1.67. The summed E-state index contributed by atoms with van der Waals surface area (Å²) in [4.78, 5) is 12.3. The second-order valence-electron chi connectivity index (χ2n) is 4.95. The Morgan fingerprint density at radius 1 is 1.28 bits per heavy atom. The quantitative estimate of drug-likeness (QED) is 0.784. The Kier molecular flexibility index (Phi) is 5.64. The van der Waals surface area contributed by atoms with Crippen molar-refractivity contribution in [2.24, 2.45) is 0 Å². The van der Waals surface area contributed by atoms with E-state index >= 15 is 0 Å². The first kappa shape index (κ1) is 18.7. The van der Waals surface area contributed by atoms with E-state index in [1.807, 2.05) is 6.07 Å². The molecule has 1 atom stereocenters. The summed E-state index contributed by atoms with van der Waals surface area (Å²) in [5.74, 6) is -0.815. The highest BCUT2D eigenvalue weighted by Crippen LogP contribution is 2.36. The Hall–Kier alpha value is -2.60. The van der Waals surface area contributed by atoms with Crippen LogP contribution in [0.5, 0.6) is 0 Å². The molecule has 0 radical (unpaired) electrons. The minimum atomic E-state index is -3.20. The zero-order valence-electron chi connectivity index (χ0n) is 12.7. The number of nitriles is 1. The van der Waals surface area contributed by atoms with Gasteiger partial charge in [-0.05, 0) is 19.1 Å². The molecule has 5 nitrogen and oxygen atoms in total. The van der Waals surface area contributed by atoms with E-state index in [9.17, 15) is 22.4 Å². The number of nitrogens with zero attached hydrogens (tertiary/aromatic N) is 3. The number of benzene rings is 1.